The molecule has 0 aliphatic heterocycles. The largest absolute Gasteiger partial charge is 0.382 e. The van der Waals surface area contributed by atoms with Gasteiger partial charge in [-0.3, -0.25) is 4.79 Å². The maximum Gasteiger partial charge on any atom is 0.254 e. The Hall–Kier alpha value is -1.22. The number of hydrogen-bond acceptors (Lipinski definition) is 2. The first kappa shape index (κ1) is 16.2. The molecule has 116 valence electrons. The van der Waals surface area contributed by atoms with Crippen LogP contribution in [0.15, 0.2) is 18.2 Å². The van der Waals surface area contributed by atoms with Crippen LogP contribution in [0.2, 0.25) is 5.02 Å². The molecule has 1 aromatic carbocycles. The molecule has 1 fully saturated rings. The molecule has 21 heavy (non-hydrogen) atoms. The molecule has 1 saturated carbocycles. The Morgan fingerprint density at radius 3 is 2.38 bits per heavy atom. The molecule has 0 saturated heterocycles. The number of carbonyl (C=O) groups is 1. The maximum absolute atomic E-state index is 12.1. The van der Waals surface area contributed by atoms with Crippen molar-refractivity contribution in [1.29, 1.82) is 0 Å². The van der Waals surface area contributed by atoms with Crippen LogP contribution < -0.4 is 5.32 Å². The zero-order valence-electron chi connectivity index (χ0n) is 13.0. The highest BCUT2D eigenvalue weighted by Gasteiger charge is 2.15. The minimum absolute atomic E-state index is 0.0543. The number of rotatable bonds is 3. The van der Waals surface area contributed by atoms with Gasteiger partial charge in [0.2, 0.25) is 0 Å². The Labute approximate surface area is 132 Å². The molecular formula is C17H25ClN2O. The lowest BCUT2D eigenvalue weighted by atomic mass is 9.96. The smallest absolute Gasteiger partial charge is 0.254 e. The fraction of sp³-hybridized carbons (Fsp3) is 0.588. The summed E-state index contributed by atoms with van der Waals surface area (Å²) in [6, 6.07) is 6.16. The molecule has 0 spiro atoms. The van der Waals surface area contributed by atoms with Gasteiger partial charge in [0.05, 0.1) is 10.6 Å². The molecule has 1 aliphatic carbocycles. The van der Waals surface area contributed by atoms with E-state index in [1.165, 1.54) is 44.9 Å². The van der Waals surface area contributed by atoms with Gasteiger partial charge in [0.15, 0.2) is 0 Å². The van der Waals surface area contributed by atoms with Gasteiger partial charge in [0.25, 0.3) is 5.91 Å². The molecule has 0 atom stereocenters. The van der Waals surface area contributed by atoms with Crippen molar-refractivity contribution in [2.75, 3.05) is 19.4 Å². The summed E-state index contributed by atoms with van der Waals surface area (Å²) in [5, 5.41) is 4.09. The summed E-state index contributed by atoms with van der Waals surface area (Å²) >= 11 is 6.15. The van der Waals surface area contributed by atoms with E-state index >= 15 is 0 Å². The quantitative estimate of drug-likeness (QED) is 0.887. The zero-order valence-corrected chi connectivity index (χ0v) is 13.7. The molecule has 1 aromatic rings. The van der Waals surface area contributed by atoms with E-state index in [4.69, 9.17) is 11.6 Å². The third-order valence-corrected chi connectivity index (χ3v) is 4.41. The lowest BCUT2D eigenvalue weighted by Crippen LogP contribution is -2.23. The number of carbonyl (C=O) groups excluding carboxylic acids is 1. The minimum atomic E-state index is -0.0543. The van der Waals surface area contributed by atoms with Gasteiger partial charge in [-0.15, -0.1) is 0 Å². The minimum Gasteiger partial charge on any atom is -0.382 e. The van der Waals surface area contributed by atoms with Gasteiger partial charge in [-0.25, -0.2) is 0 Å². The zero-order chi connectivity index (χ0) is 15.2. The Morgan fingerprint density at radius 1 is 1.14 bits per heavy atom. The van der Waals surface area contributed by atoms with E-state index in [-0.39, 0.29) is 5.91 Å². The molecule has 3 nitrogen and oxygen atoms in total. The van der Waals surface area contributed by atoms with E-state index in [9.17, 15) is 4.79 Å². The van der Waals surface area contributed by atoms with Crippen LogP contribution in [0.25, 0.3) is 0 Å². The van der Waals surface area contributed by atoms with Gasteiger partial charge >= 0.3 is 0 Å². The third-order valence-electron chi connectivity index (χ3n) is 4.08. The summed E-state index contributed by atoms with van der Waals surface area (Å²) in [7, 11) is 3.49. The fourth-order valence-electron chi connectivity index (χ4n) is 2.86. The van der Waals surface area contributed by atoms with Crippen LogP contribution in [0.3, 0.4) is 0 Å². The second kappa shape index (κ2) is 7.69. The summed E-state index contributed by atoms with van der Waals surface area (Å²) in [6.07, 6.45) is 9.03. The van der Waals surface area contributed by atoms with Crippen molar-refractivity contribution in [3.8, 4) is 0 Å². The van der Waals surface area contributed by atoms with Gasteiger partial charge in [-0.2, -0.15) is 0 Å². The van der Waals surface area contributed by atoms with E-state index in [0.29, 0.717) is 16.6 Å². The highest BCUT2D eigenvalue weighted by Crippen LogP contribution is 2.25. The Morgan fingerprint density at radius 2 is 1.76 bits per heavy atom. The molecule has 1 N–H and O–H groups in total. The lowest BCUT2D eigenvalue weighted by molar-refractivity contribution is 0.0828. The average molecular weight is 309 g/mol. The number of amides is 1. The van der Waals surface area contributed by atoms with Crippen molar-refractivity contribution in [1.82, 2.24) is 4.90 Å². The molecular weight excluding hydrogens is 284 g/mol. The van der Waals surface area contributed by atoms with E-state index in [0.717, 1.165) is 5.69 Å². The van der Waals surface area contributed by atoms with Gasteiger partial charge in [0.1, 0.15) is 0 Å². The Kier molecular flexibility index (Phi) is 5.92. The number of anilines is 1. The number of hydrogen-bond donors (Lipinski definition) is 1. The van der Waals surface area contributed by atoms with Gasteiger partial charge < -0.3 is 10.2 Å². The highest BCUT2D eigenvalue weighted by atomic mass is 35.5. The van der Waals surface area contributed by atoms with Crippen LogP contribution >= 0.6 is 11.6 Å². The van der Waals surface area contributed by atoms with Gasteiger partial charge in [-0.05, 0) is 31.0 Å². The van der Waals surface area contributed by atoms with Crippen molar-refractivity contribution in [2.45, 2.75) is 51.0 Å². The van der Waals surface area contributed by atoms with Crippen LogP contribution in [0.5, 0.6) is 0 Å². The van der Waals surface area contributed by atoms with E-state index in [1.54, 1.807) is 19.0 Å². The van der Waals surface area contributed by atoms with Crippen LogP contribution in [0.4, 0.5) is 5.69 Å². The van der Waals surface area contributed by atoms with Crippen LogP contribution in [-0.2, 0) is 0 Å². The molecule has 0 radical (unpaired) electrons. The molecule has 2 rings (SSSR count). The fourth-order valence-corrected chi connectivity index (χ4v) is 3.05. The second-order valence-electron chi connectivity index (χ2n) is 6.08. The maximum atomic E-state index is 12.1. The second-order valence-corrected chi connectivity index (χ2v) is 6.49. The van der Waals surface area contributed by atoms with E-state index in [1.807, 2.05) is 18.2 Å². The normalized spacial score (nSPS) is 16.9. The first-order chi connectivity index (χ1) is 10.1. The molecule has 0 unspecified atom stereocenters. The van der Waals surface area contributed by atoms with Crippen LogP contribution in [-0.4, -0.2) is 30.9 Å². The highest BCUT2D eigenvalue weighted by molar-refractivity contribution is 6.34. The lowest BCUT2D eigenvalue weighted by Gasteiger charge is -2.23. The molecule has 1 amide bonds. The van der Waals surface area contributed by atoms with Gasteiger partial charge in [0, 0.05) is 25.8 Å². The molecule has 4 heteroatoms. The van der Waals surface area contributed by atoms with Crippen molar-refractivity contribution in [3.63, 3.8) is 0 Å². The average Bonchev–Trinajstić information content (AvgIpc) is 2.42. The molecule has 0 bridgehead atoms. The van der Waals surface area contributed by atoms with Crippen molar-refractivity contribution in [3.05, 3.63) is 28.8 Å². The van der Waals surface area contributed by atoms with E-state index < -0.39 is 0 Å². The number of benzene rings is 1. The SMILES string of the molecule is CN(C)C(=O)c1cc(NC2CCCCCCC2)ccc1Cl. The molecule has 0 aromatic heterocycles. The first-order valence-corrected chi connectivity index (χ1v) is 8.23. The summed E-state index contributed by atoms with van der Waals surface area (Å²) in [5.74, 6) is -0.0543. The van der Waals surface area contributed by atoms with Crippen LogP contribution in [0, 0.1) is 0 Å². The third kappa shape index (κ3) is 4.63. The predicted octanol–water partition coefficient (Wildman–Crippen LogP) is 4.57. The number of nitrogens with one attached hydrogen (secondary N) is 1. The van der Waals surface area contributed by atoms with Gasteiger partial charge in [-0.1, -0.05) is 43.7 Å². The first-order valence-electron chi connectivity index (χ1n) is 7.85. The number of nitrogens with zero attached hydrogens (tertiary/aromatic N) is 1. The van der Waals surface area contributed by atoms with E-state index in [2.05, 4.69) is 5.32 Å². The molecule has 0 heterocycles. The standard InChI is InChI=1S/C17H25ClN2O/c1-20(2)17(21)15-12-14(10-11-16(15)18)19-13-8-6-4-3-5-7-9-13/h10-13,19H,3-9H2,1-2H3. The summed E-state index contributed by atoms with van der Waals surface area (Å²) in [4.78, 5) is 13.7. The summed E-state index contributed by atoms with van der Waals surface area (Å²) < 4.78 is 0. The summed E-state index contributed by atoms with van der Waals surface area (Å²) in [5.41, 5.74) is 1.56. The van der Waals surface area contributed by atoms with Crippen molar-refractivity contribution in [2.24, 2.45) is 0 Å². The van der Waals surface area contributed by atoms with Crippen molar-refractivity contribution < 1.29 is 4.79 Å². The van der Waals surface area contributed by atoms with Crippen molar-refractivity contribution >= 4 is 23.2 Å². The Bertz CT molecular complexity index is 480. The molecule has 1 aliphatic rings. The summed E-state index contributed by atoms with van der Waals surface area (Å²) in [6.45, 7) is 0. The van der Waals surface area contributed by atoms with Crippen LogP contribution in [0.1, 0.15) is 55.3 Å². The number of halogens is 1. The predicted molar refractivity (Wildman–Crippen MR) is 89.2 cm³/mol. The monoisotopic (exact) mass is 308 g/mol. The Balaban J connectivity index is 2.09. The topological polar surface area (TPSA) is 32.3 Å².